The van der Waals surface area contributed by atoms with E-state index in [4.69, 9.17) is 5.73 Å². The van der Waals surface area contributed by atoms with Crippen molar-refractivity contribution < 1.29 is 0 Å². The van der Waals surface area contributed by atoms with Crippen LogP contribution >= 0.6 is 0 Å². The van der Waals surface area contributed by atoms with Gasteiger partial charge in [0.25, 0.3) is 0 Å². The Labute approximate surface area is 109 Å². The Hall–Kier alpha value is -2.64. The maximum Gasteiger partial charge on any atom is 0.224 e. The van der Waals surface area contributed by atoms with Crippen LogP contribution in [-0.4, -0.2) is 36.3 Å². The fourth-order valence-electron chi connectivity index (χ4n) is 1.92. The third-order valence-corrected chi connectivity index (χ3v) is 2.89. The van der Waals surface area contributed by atoms with Crippen molar-refractivity contribution in [3.63, 3.8) is 0 Å². The summed E-state index contributed by atoms with van der Waals surface area (Å²) in [7, 11) is 1.97. The van der Waals surface area contributed by atoms with Crippen LogP contribution < -0.4 is 11.1 Å². The number of aryl methyl sites for hydroxylation is 1. The number of hydrogen-bond donors (Lipinski definition) is 3. The monoisotopic (exact) mass is 258 g/mol. The SMILES string of the molecule is Cn1ccnc1CCNc1nc(N)nc2[nH]ncc12. The lowest BCUT2D eigenvalue weighted by atomic mass is 10.3. The highest BCUT2D eigenvalue weighted by molar-refractivity contribution is 5.86. The molecule has 0 saturated carbocycles. The normalized spacial score (nSPS) is 11.0. The van der Waals surface area contributed by atoms with Crippen LogP contribution in [0.25, 0.3) is 11.0 Å². The molecule has 0 amide bonds. The molecule has 19 heavy (non-hydrogen) atoms. The van der Waals surface area contributed by atoms with Gasteiger partial charge in [0.05, 0.1) is 11.6 Å². The minimum atomic E-state index is 0.219. The van der Waals surface area contributed by atoms with E-state index in [1.54, 1.807) is 12.4 Å². The lowest BCUT2D eigenvalue weighted by molar-refractivity contribution is 0.789. The van der Waals surface area contributed by atoms with Crippen LogP contribution in [0.5, 0.6) is 0 Å². The minimum Gasteiger partial charge on any atom is -0.369 e. The first-order valence-corrected chi connectivity index (χ1v) is 5.90. The summed E-state index contributed by atoms with van der Waals surface area (Å²) in [5, 5.41) is 10.8. The van der Waals surface area contributed by atoms with Gasteiger partial charge in [-0.1, -0.05) is 0 Å². The fourth-order valence-corrected chi connectivity index (χ4v) is 1.92. The molecule has 0 atom stereocenters. The Bertz CT molecular complexity index is 698. The first kappa shape index (κ1) is 11.5. The second-order valence-electron chi connectivity index (χ2n) is 4.19. The van der Waals surface area contributed by atoms with Gasteiger partial charge in [-0.2, -0.15) is 15.1 Å². The zero-order chi connectivity index (χ0) is 13.2. The summed E-state index contributed by atoms with van der Waals surface area (Å²) in [6.07, 6.45) is 6.18. The molecule has 0 bridgehead atoms. The van der Waals surface area contributed by atoms with Crippen molar-refractivity contribution in [1.82, 2.24) is 29.7 Å². The van der Waals surface area contributed by atoms with Gasteiger partial charge >= 0.3 is 0 Å². The van der Waals surface area contributed by atoms with Gasteiger partial charge in [-0.05, 0) is 0 Å². The number of nitrogens with zero attached hydrogens (tertiary/aromatic N) is 5. The quantitative estimate of drug-likeness (QED) is 0.621. The van der Waals surface area contributed by atoms with Gasteiger partial charge in [0, 0.05) is 32.4 Å². The van der Waals surface area contributed by atoms with Gasteiger partial charge in [0.15, 0.2) is 5.65 Å². The van der Waals surface area contributed by atoms with Gasteiger partial charge in [0.1, 0.15) is 11.6 Å². The van der Waals surface area contributed by atoms with Crippen LogP contribution in [0.4, 0.5) is 11.8 Å². The third-order valence-electron chi connectivity index (χ3n) is 2.89. The van der Waals surface area contributed by atoms with Crippen LogP contribution in [0.3, 0.4) is 0 Å². The molecule has 0 fully saturated rings. The maximum atomic E-state index is 5.65. The predicted molar refractivity (Wildman–Crippen MR) is 71.5 cm³/mol. The van der Waals surface area contributed by atoms with Crippen molar-refractivity contribution >= 4 is 22.8 Å². The number of aromatic nitrogens is 6. The zero-order valence-corrected chi connectivity index (χ0v) is 10.5. The second-order valence-corrected chi connectivity index (χ2v) is 4.19. The van der Waals surface area contributed by atoms with E-state index in [0.29, 0.717) is 18.0 Å². The van der Waals surface area contributed by atoms with E-state index < -0.39 is 0 Å². The number of rotatable bonds is 4. The zero-order valence-electron chi connectivity index (χ0n) is 10.5. The highest BCUT2D eigenvalue weighted by Crippen LogP contribution is 2.18. The van der Waals surface area contributed by atoms with Crippen molar-refractivity contribution in [3.05, 3.63) is 24.4 Å². The average Bonchev–Trinajstić information content (AvgIpc) is 2.98. The first-order valence-electron chi connectivity index (χ1n) is 5.90. The Morgan fingerprint density at radius 1 is 1.42 bits per heavy atom. The molecule has 8 heteroatoms. The van der Waals surface area contributed by atoms with Gasteiger partial charge < -0.3 is 15.6 Å². The van der Waals surface area contributed by atoms with Crippen molar-refractivity contribution in [2.24, 2.45) is 7.05 Å². The number of nitrogen functional groups attached to an aromatic ring is 1. The summed E-state index contributed by atoms with van der Waals surface area (Å²) < 4.78 is 1.99. The molecule has 3 heterocycles. The third kappa shape index (κ3) is 2.19. The molecule has 0 aliphatic rings. The molecule has 0 spiro atoms. The number of hydrogen-bond acceptors (Lipinski definition) is 6. The second kappa shape index (κ2) is 4.56. The molecule has 3 aromatic rings. The number of aromatic amines is 1. The van der Waals surface area contributed by atoms with E-state index in [1.807, 2.05) is 17.8 Å². The molecule has 98 valence electrons. The fraction of sp³-hybridized carbons (Fsp3) is 0.273. The molecule has 3 aromatic heterocycles. The summed E-state index contributed by atoms with van der Waals surface area (Å²) >= 11 is 0. The average molecular weight is 258 g/mol. The van der Waals surface area contributed by atoms with Crippen molar-refractivity contribution in [1.29, 1.82) is 0 Å². The number of imidazole rings is 1. The van der Waals surface area contributed by atoms with Gasteiger partial charge in [-0.25, -0.2) is 4.98 Å². The van der Waals surface area contributed by atoms with E-state index in [2.05, 4.69) is 30.5 Å². The van der Waals surface area contributed by atoms with Crippen LogP contribution in [0.2, 0.25) is 0 Å². The van der Waals surface area contributed by atoms with Crippen LogP contribution in [0.15, 0.2) is 18.6 Å². The standard InChI is InChI=1S/C11H14N8/c1-19-5-4-13-8(19)2-3-14-9-7-6-15-18-10(7)17-11(12)16-9/h4-6H,2-3H2,1H3,(H4,12,14,15,16,17,18). The Balaban J connectivity index is 1.75. The highest BCUT2D eigenvalue weighted by atomic mass is 15.2. The summed E-state index contributed by atoms with van der Waals surface area (Å²) in [6, 6.07) is 0. The Morgan fingerprint density at radius 3 is 3.11 bits per heavy atom. The number of anilines is 2. The lowest BCUT2D eigenvalue weighted by Gasteiger charge is -2.07. The highest BCUT2D eigenvalue weighted by Gasteiger charge is 2.07. The van der Waals surface area contributed by atoms with E-state index >= 15 is 0 Å². The van der Waals surface area contributed by atoms with Gasteiger partial charge in [-0.3, -0.25) is 5.10 Å². The molecule has 0 radical (unpaired) electrons. The predicted octanol–water partition coefficient (Wildman–Crippen LogP) is 0.323. The van der Waals surface area contributed by atoms with Gasteiger partial charge in [-0.15, -0.1) is 0 Å². The first-order chi connectivity index (χ1) is 9.24. The smallest absolute Gasteiger partial charge is 0.224 e. The molecule has 0 aliphatic carbocycles. The van der Waals surface area contributed by atoms with E-state index in [0.717, 1.165) is 17.6 Å². The van der Waals surface area contributed by atoms with Crippen LogP contribution in [0, 0.1) is 0 Å². The van der Waals surface area contributed by atoms with Crippen molar-refractivity contribution in [2.45, 2.75) is 6.42 Å². The molecular weight excluding hydrogens is 244 g/mol. The van der Waals surface area contributed by atoms with Gasteiger partial charge in [0.2, 0.25) is 5.95 Å². The summed E-state index contributed by atoms with van der Waals surface area (Å²) in [4.78, 5) is 12.5. The molecule has 0 aliphatic heterocycles. The van der Waals surface area contributed by atoms with E-state index in [9.17, 15) is 0 Å². The molecule has 0 saturated heterocycles. The lowest BCUT2D eigenvalue weighted by Crippen LogP contribution is -2.10. The number of fused-ring (bicyclic) bond motifs is 1. The Kier molecular flexibility index (Phi) is 2.75. The van der Waals surface area contributed by atoms with Crippen LogP contribution in [-0.2, 0) is 13.5 Å². The molecule has 4 N–H and O–H groups in total. The van der Waals surface area contributed by atoms with E-state index in [-0.39, 0.29) is 5.95 Å². The van der Waals surface area contributed by atoms with Crippen molar-refractivity contribution in [3.8, 4) is 0 Å². The largest absolute Gasteiger partial charge is 0.369 e. The summed E-state index contributed by atoms with van der Waals surface area (Å²) in [6.45, 7) is 0.710. The molecule has 0 aromatic carbocycles. The minimum absolute atomic E-state index is 0.219. The Morgan fingerprint density at radius 2 is 2.32 bits per heavy atom. The van der Waals surface area contributed by atoms with Crippen LogP contribution in [0.1, 0.15) is 5.82 Å². The van der Waals surface area contributed by atoms with Crippen molar-refractivity contribution in [2.75, 3.05) is 17.6 Å². The molecule has 8 nitrogen and oxygen atoms in total. The molecule has 0 unspecified atom stereocenters. The number of nitrogens with two attached hydrogens (primary N) is 1. The summed E-state index contributed by atoms with van der Waals surface area (Å²) in [5.74, 6) is 1.92. The topological polar surface area (TPSA) is 110 Å². The molecule has 3 rings (SSSR count). The summed E-state index contributed by atoms with van der Waals surface area (Å²) in [5.41, 5.74) is 6.28. The van der Waals surface area contributed by atoms with E-state index in [1.165, 1.54) is 0 Å². The molecular formula is C11H14N8. The maximum absolute atomic E-state index is 5.65. The number of H-pyrrole nitrogens is 1. The number of nitrogens with one attached hydrogen (secondary N) is 2.